The average Bonchev–Trinajstić information content (AvgIpc) is 2.44. The van der Waals surface area contributed by atoms with Crippen LogP contribution in [0.1, 0.15) is 30.9 Å². The SMILES string of the molecule is CC(CNS(=O)(=O)c1ccc2c(c1)CCCC2)C(=O)O. The van der Waals surface area contributed by atoms with Crippen LogP contribution < -0.4 is 4.72 Å². The van der Waals surface area contributed by atoms with E-state index in [0.717, 1.165) is 31.2 Å². The molecule has 0 bridgehead atoms. The van der Waals surface area contributed by atoms with Gasteiger partial charge in [-0.3, -0.25) is 4.79 Å². The number of carbonyl (C=O) groups is 1. The Hall–Kier alpha value is -1.40. The number of aryl methyl sites for hydroxylation is 2. The minimum absolute atomic E-state index is 0.102. The standard InChI is InChI=1S/C14H19NO4S/c1-10(14(16)17)9-15-20(18,19)13-7-6-11-4-2-3-5-12(11)8-13/h6-8,10,15H,2-5,9H2,1H3,(H,16,17). The van der Waals surface area contributed by atoms with E-state index in [4.69, 9.17) is 5.11 Å². The summed E-state index contributed by atoms with van der Waals surface area (Å²) in [6.07, 6.45) is 4.14. The molecule has 0 saturated carbocycles. The van der Waals surface area contributed by atoms with Crippen molar-refractivity contribution in [2.24, 2.45) is 5.92 Å². The van der Waals surface area contributed by atoms with Crippen molar-refractivity contribution in [2.45, 2.75) is 37.5 Å². The molecule has 0 fully saturated rings. The summed E-state index contributed by atoms with van der Waals surface area (Å²) in [5.74, 6) is -1.76. The fourth-order valence-corrected chi connectivity index (χ4v) is 3.46. The van der Waals surface area contributed by atoms with Crippen LogP contribution in [0.3, 0.4) is 0 Å². The summed E-state index contributed by atoms with van der Waals surface area (Å²) >= 11 is 0. The van der Waals surface area contributed by atoms with Crippen LogP contribution in [0.15, 0.2) is 23.1 Å². The van der Waals surface area contributed by atoms with Gasteiger partial charge in [0.1, 0.15) is 0 Å². The van der Waals surface area contributed by atoms with Gasteiger partial charge in [-0.25, -0.2) is 13.1 Å². The Morgan fingerprint density at radius 1 is 1.30 bits per heavy atom. The molecule has 20 heavy (non-hydrogen) atoms. The van der Waals surface area contributed by atoms with E-state index in [1.54, 1.807) is 12.1 Å². The quantitative estimate of drug-likeness (QED) is 0.864. The lowest BCUT2D eigenvalue weighted by atomic mass is 9.92. The third-order valence-electron chi connectivity index (χ3n) is 3.63. The van der Waals surface area contributed by atoms with Gasteiger partial charge in [-0.1, -0.05) is 13.0 Å². The molecular weight excluding hydrogens is 278 g/mol. The van der Waals surface area contributed by atoms with Crippen LogP contribution in [0.25, 0.3) is 0 Å². The molecule has 5 nitrogen and oxygen atoms in total. The lowest BCUT2D eigenvalue weighted by Gasteiger charge is -2.17. The third-order valence-corrected chi connectivity index (χ3v) is 5.05. The Morgan fingerprint density at radius 2 is 1.95 bits per heavy atom. The maximum atomic E-state index is 12.1. The first-order chi connectivity index (χ1) is 9.40. The average molecular weight is 297 g/mol. The smallest absolute Gasteiger partial charge is 0.307 e. The van der Waals surface area contributed by atoms with Gasteiger partial charge in [0.05, 0.1) is 10.8 Å². The normalized spacial score (nSPS) is 16.4. The van der Waals surface area contributed by atoms with E-state index >= 15 is 0 Å². The largest absolute Gasteiger partial charge is 0.481 e. The molecule has 0 radical (unpaired) electrons. The fraction of sp³-hybridized carbons (Fsp3) is 0.500. The molecule has 1 atom stereocenters. The van der Waals surface area contributed by atoms with Gasteiger partial charge in [-0.2, -0.15) is 0 Å². The molecule has 0 heterocycles. The lowest BCUT2D eigenvalue weighted by molar-refractivity contribution is -0.140. The zero-order chi connectivity index (χ0) is 14.8. The van der Waals surface area contributed by atoms with Crippen LogP contribution in [-0.2, 0) is 27.7 Å². The second-order valence-electron chi connectivity index (χ2n) is 5.23. The summed E-state index contributed by atoms with van der Waals surface area (Å²) in [6, 6.07) is 5.17. The van der Waals surface area contributed by atoms with E-state index in [1.807, 2.05) is 6.07 Å². The number of aliphatic carboxylic acids is 1. The molecule has 0 amide bonds. The molecule has 0 saturated heterocycles. The number of nitrogens with one attached hydrogen (secondary N) is 1. The molecule has 1 aliphatic carbocycles. The number of benzene rings is 1. The van der Waals surface area contributed by atoms with Crippen molar-refractivity contribution in [2.75, 3.05) is 6.54 Å². The van der Waals surface area contributed by atoms with Crippen LogP contribution in [0.5, 0.6) is 0 Å². The molecule has 110 valence electrons. The molecule has 2 N–H and O–H groups in total. The van der Waals surface area contributed by atoms with Crippen molar-refractivity contribution >= 4 is 16.0 Å². The summed E-state index contributed by atoms with van der Waals surface area (Å²) < 4.78 is 26.6. The van der Waals surface area contributed by atoms with Gasteiger partial charge in [0.2, 0.25) is 10.0 Å². The third kappa shape index (κ3) is 3.37. The Balaban J connectivity index is 2.15. The van der Waals surface area contributed by atoms with Gasteiger partial charge in [0.25, 0.3) is 0 Å². The van der Waals surface area contributed by atoms with Crippen LogP contribution in [0.4, 0.5) is 0 Å². The van der Waals surface area contributed by atoms with Crippen molar-refractivity contribution in [1.29, 1.82) is 0 Å². The topological polar surface area (TPSA) is 83.5 Å². The molecule has 0 aromatic heterocycles. The molecule has 6 heteroatoms. The Bertz CT molecular complexity index is 610. The molecule has 1 unspecified atom stereocenters. The highest BCUT2D eigenvalue weighted by atomic mass is 32.2. The van der Waals surface area contributed by atoms with Crippen molar-refractivity contribution in [3.63, 3.8) is 0 Å². The van der Waals surface area contributed by atoms with E-state index in [-0.39, 0.29) is 11.4 Å². The summed E-state index contributed by atoms with van der Waals surface area (Å²) in [5.41, 5.74) is 2.31. The van der Waals surface area contributed by atoms with E-state index < -0.39 is 21.9 Å². The molecule has 0 aliphatic heterocycles. The monoisotopic (exact) mass is 297 g/mol. The van der Waals surface area contributed by atoms with Crippen molar-refractivity contribution in [1.82, 2.24) is 4.72 Å². The molecule has 1 aromatic rings. The Labute approximate surface area is 119 Å². The number of fused-ring (bicyclic) bond motifs is 1. The minimum atomic E-state index is -3.64. The summed E-state index contributed by atoms with van der Waals surface area (Å²) in [4.78, 5) is 10.9. The molecule has 2 rings (SSSR count). The van der Waals surface area contributed by atoms with Crippen LogP contribution >= 0.6 is 0 Å². The van der Waals surface area contributed by atoms with Gasteiger partial charge in [-0.05, 0) is 48.9 Å². The van der Waals surface area contributed by atoms with Gasteiger partial charge >= 0.3 is 5.97 Å². The summed E-state index contributed by atoms with van der Waals surface area (Å²) in [6.45, 7) is 1.37. The zero-order valence-corrected chi connectivity index (χ0v) is 12.2. The van der Waals surface area contributed by atoms with Crippen molar-refractivity contribution < 1.29 is 18.3 Å². The number of hydrogen-bond donors (Lipinski definition) is 2. The summed E-state index contributed by atoms with van der Waals surface area (Å²) in [5, 5.41) is 8.77. The van der Waals surface area contributed by atoms with Gasteiger partial charge in [0, 0.05) is 6.54 Å². The van der Waals surface area contributed by atoms with E-state index in [9.17, 15) is 13.2 Å². The number of carboxylic acid groups (broad SMARTS) is 1. The zero-order valence-electron chi connectivity index (χ0n) is 11.4. The minimum Gasteiger partial charge on any atom is -0.481 e. The molecular formula is C14H19NO4S. The maximum absolute atomic E-state index is 12.1. The van der Waals surface area contributed by atoms with E-state index in [2.05, 4.69) is 4.72 Å². The predicted molar refractivity (Wildman–Crippen MR) is 75.1 cm³/mol. The first kappa shape index (κ1) is 15.0. The maximum Gasteiger partial charge on any atom is 0.307 e. The van der Waals surface area contributed by atoms with E-state index in [0.29, 0.717) is 0 Å². The van der Waals surface area contributed by atoms with Crippen molar-refractivity contribution in [3.8, 4) is 0 Å². The Morgan fingerprint density at radius 3 is 2.60 bits per heavy atom. The molecule has 0 spiro atoms. The summed E-state index contributed by atoms with van der Waals surface area (Å²) in [7, 11) is -3.64. The number of hydrogen-bond acceptors (Lipinski definition) is 3. The van der Waals surface area contributed by atoms with Crippen LogP contribution in [0, 0.1) is 5.92 Å². The van der Waals surface area contributed by atoms with Gasteiger partial charge in [0.15, 0.2) is 0 Å². The van der Waals surface area contributed by atoms with Crippen molar-refractivity contribution in [3.05, 3.63) is 29.3 Å². The first-order valence-corrected chi connectivity index (χ1v) is 8.23. The fourth-order valence-electron chi connectivity index (χ4n) is 2.28. The van der Waals surface area contributed by atoms with Crippen LogP contribution in [0.2, 0.25) is 0 Å². The second-order valence-corrected chi connectivity index (χ2v) is 7.00. The number of sulfonamides is 1. The van der Waals surface area contributed by atoms with E-state index in [1.165, 1.54) is 12.5 Å². The second kappa shape index (κ2) is 5.93. The lowest BCUT2D eigenvalue weighted by Crippen LogP contribution is -2.31. The first-order valence-electron chi connectivity index (χ1n) is 6.74. The molecule has 1 aromatic carbocycles. The highest BCUT2D eigenvalue weighted by Crippen LogP contribution is 2.24. The van der Waals surface area contributed by atoms with Gasteiger partial charge < -0.3 is 5.11 Å². The number of carboxylic acids is 1. The molecule has 1 aliphatic rings. The Kier molecular flexibility index (Phi) is 4.45. The predicted octanol–water partition coefficient (Wildman–Crippen LogP) is 1.56. The van der Waals surface area contributed by atoms with Gasteiger partial charge in [-0.15, -0.1) is 0 Å². The number of rotatable bonds is 5. The highest BCUT2D eigenvalue weighted by molar-refractivity contribution is 7.89. The van der Waals surface area contributed by atoms with Crippen LogP contribution in [-0.4, -0.2) is 26.0 Å². The highest BCUT2D eigenvalue weighted by Gasteiger charge is 2.20.